The predicted octanol–water partition coefficient (Wildman–Crippen LogP) is 11.1. The van der Waals surface area contributed by atoms with Crippen LogP contribution >= 0.6 is 34.0 Å². The molecule has 4 nitrogen and oxygen atoms in total. The van der Waals surface area contributed by atoms with Gasteiger partial charge in [-0.2, -0.15) is 8.73 Å². The minimum atomic E-state index is -0.350. The molecular formula is C32H24F2N2O2S4. The molecule has 0 unspecified atom stereocenters. The number of rotatable bonds is 10. The summed E-state index contributed by atoms with van der Waals surface area (Å²) in [6.45, 7) is 4.62. The van der Waals surface area contributed by atoms with Gasteiger partial charge in [0, 0.05) is 42.8 Å². The van der Waals surface area contributed by atoms with Crippen molar-refractivity contribution in [2.45, 2.75) is 26.7 Å². The molecule has 6 rings (SSSR count). The fraction of sp³-hybridized carbons (Fsp3) is 0.188. The molecule has 0 atom stereocenters. The summed E-state index contributed by atoms with van der Waals surface area (Å²) < 4.78 is 50.3. The number of benzene rings is 2. The Balaban J connectivity index is 1.26. The topological polar surface area (TPSA) is 43.2 Å². The largest absolute Gasteiger partial charge is 0.493 e. The molecule has 0 saturated carbocycles. The maximum absolute atomic E-state index is 15.0. The van der Waals surface area contributed by atoms with Crippen LogP contribution in [0.4, 0.5) is 20.2 Å². The van der Waals surface area contributed by atoms with Gasteiger partial charge < -0.3 is 9.47 Å². The zero-order chi connectivity index (χ0) is 29.1. The molecule has 212 valence electrons. The van der Waals surface area contributed by atoms with Gasteiger partial charge in [-0.1, -0.05) is 19.3 Å². The Morgan fingerprint density at radius 2 is 1.26 bits per heavy atom. The molecule has 0 saturated heterocycles. The van der Waals surface area contributed by atoms with Crippen molar-refractivity contribution in [2.24, 2.45) is 8.73 Å². The summed E-state index contributed by atoms with van der Waals surface area (Å²) in [5.41, 5.74) is 2.70. The molecule has 1 aliphatic rings. The molecule has 2 aromatic carbocycles. The summed E-state index contributed by atoms with van der Waals surface area (Å²) >= 11 is 5.79. The van der Waals surface area contributed by atoms with Crippen LogP contribution in [-0.2, 0) is 11.4 Å². The lowest BCUT2D eigenvalue weighted by atomic mass is 10.1. The van der Waals surface area contributed by atoms with Crippen molar-refractivity contribution in [2.75, 3.05) is 13.2 Å². The van der Waals surface area contributed by atoms with Crippen molar-refractivity contribution in [3.8, 4) is 63.7 Å². The van der Waals surface area contributed by atoms with Gasteiger partial charge >= 0.3 is 0 Å². The molecule has 0 amide bonds. The van der Waals surface area contributed by atoms with E-state index in [0.717, 1.165) is 53.5 Å². The van der Waals surface area contributed by atoms with E-state index in [9.17, 15) is 4.39 Å². The van der Waals surface area contributed by atoms with Crippen LogP contribution in [0.2, 0.25) is 0 Å². The number of unbranched alkanes of at least 4 members (excludes halogenated alkanes) is 1. The highest BCUT2D eigenvalue weighted by atomic mass is 32.1. The highest BCUT2D eigenvalue weighted by molar-refractivity contribution is 7.58. The van der Waals surface area contributed by atoms with Crippen LogP contribution in [0.25, 0.3) is 40.4 Å². The van der Waals surface area contributed by atoms with Crippen LogP contribution in [0, 0.1) is 23.5 Å². The van der Waals surface area contributed by atoms with Crippen LogP contribution < -0.4 is 9.47 Å². The lowest BCUT2D eigenvalue weighted by Gasteiger charge is -2.07. The first-order valence-corrected chi connectivity index (χ1v) is 16.4. The highest BCUT2D eigenvalue weighted by Crippen LogP contribution is 2.56. The van der Waals surface area contributed by atoms with Gasteiger partial charge in [0.15, 0.2) is 0 Å². The van der Waals surface area contributed by atoms with E-state index in [1.807, 2.05) is 30.3 Å². The van der Waals surface area contributed by atoms with E-state index >= 15 is 4.39 Å². The third kappa shape index (κ3) is 5.83. The Morgan fingerprint density at radius 1 is 0.714 bits per heavy atom. The Hall–Kier alpha value is -3.62. The number of fused-ring (bicyclic) bond motifs is 1. The average Bonchev–Trinajstić information content (AvgIpc) is 3.79. The number of hydrogen-bond donors (Lipinski definition) is 0. The van der Waals surface area contributed by atoms with Crippen molar-refractivity contribution < 1.29 is 18.3 Å². The molecule has 10 heteroatoms. The van der Waals surface area contributed by atoms with Gasteiger partial charge in [0.2, 0.25) is 0 Å². The fourth-order valence-electron chi connectivity index (χ4n) is 4.33. The van der Waals surface area contributed by atoms with Crippen LogP contribution in [-0.4, -0.2) is 13.2 Å². The first-order valence-electron chi connectivity index (χ1n) is 13.3. The Morgan fingerprint density at radius 3 is 1.79 bits per heavy atom. The van der Waals surface area contributed by atoms with Crippen molar-refractivity contribution in [3.63, 3.8) is 0 Å². The molecule has 0 spiro atoms. The maximum Gasteiger partial charge on any atom is 0.149 e. The smallest absolute Gasteiger partial charge is 0.149 e. The number of thiophene rings is 3. The van der Waals surface area contributed by atoms with E-state index in [0.29, 0.717) is 29.2 Å². The molecule has 1 aliphatic heterocycles. The molecule has 0 fully saturated rings. The predicted molar refractivity (Wildman–Crippen MR) is 173 cm³/mol. The lowest BCUT2D eigenvalue weighted by Crippen LogP contribution is -1.97. The van der Waals surface area contributed by atoms with Gasteiger partial charge in [0.25, 0.3) is 0 Å². The molecule has 4 heterocycles. The molecule has 42 heavy (non-hydrogen) atoms. The fourth-order valence-corrected chi connectivity index (χ4v) is 8.47. The van der Waals surface area contributed by atoms with Gasteiger partial charge in [0.05, 0.1) is 27.7 Å². The SMILES string of the molecule is CC#CCOc1ccc(-c2ccc(-c3sc(-c4ccc(-c5ccc(OCCCC)cc5F)s4)c4c3N=S=N4)s2)c(F)c1. The Bertz CT molecular complexity index is 1900. The molecule has 5 aromatic rings. The number of hydrogen-bond acceptors (Lipinski definition) is 7. The van der Waals surface area contributed by atoms with Crippen LogP contribution in [0.15, 0.2) is 69.4 Å². The van der Waals surface area contributed by atoms with Gasteiger partial charge in [0.1, 0.15) is 41.1 Å². The third-order valence-electron chi connectivity index (χ3n) is 6.45. The Labute approximate surface area is 258 Å². The monoisotopic (exact) mass is 634 g/mol. The zero-order valence-corrected chi connectivity index (χ0v) is 26.0. The average molecular weight is 635 g/mol. The van der Waals surface area contributed by atoms with Crippen LogP contribution in [0.3, 0.4) is 0 Å². The summed E-state index contributed by atoms with van der Waals surface area (Å²) in [6.07, 6.45) is 1.96. The molecule has 0 aliphatic carbocycles. The second kappa shape index (κ2) is 12.7. The first-order chi connectivity index (χ1) is 20.6. The molecule has 0 N–H and O–H groups in total. The summed E-state index contributed by atoms with van der Waals surface area (Å²) in [5.74, 6) is 5.90. The second-order valence-electron chi connectivity index (χ2n) is 9.25. The van der Waals surface area contributed by atoms with E-state index < -0.39 is 0 Å². The number of ether oxygens (including phenoxy) is 2. The van der Waals surface area contributed by atoms with Gasteiger partial charge in [-0.15, -0.1) is 39.9 Å². The summed E-state index contributed by atoms with van der Waals surface area (Å²) in [5, 5.41) is 0. The molecular weight excluding hydrogens is 611 g/mol. The standard InChI is InChI=1S/C32H24F2N2O2S4/c1-3-5-15-37-19-7-9-21(23(33)17-19)25-11-13-27(39-25)31-29-30(36-42-35-29)32(41-31)28-14-12-26(40-28)22-10-8-20(18-24(22)34)38-16-6-4-2/h7-14,17-18H,3,5,15-16H2,1-2H3. The lowest BCUT2D eigenvalue weighted by molar-refractivity contribution is 0.308. The van der Waals surface area contributed by atoms with E-state index in [1.165, 1.54) is 46.2 Å². The van der Waals surface area contributed by atoms with Gasteiger partial charge in [-0.05, 0) is 61.9 Å². The van der Waals surface area contributed by atoms with Gasteiger partial charge in [-0.3, -0.25) is 0 Å². The summed E-state index contributed by atoms with van der Waals surface area (Å²) in [7, 11) is 0. The van der Waals surface area contributed by atoms with E-state index in [4.69, 9.17) is 9.47 Å². The normalized spacial score (nSPS) is 11.6. The number of halogens is 2. The van der Waals surface area contributed by atoms with Crippen LogP contribution in [0.5, 0.6) is 11.5 Å². The summed E-state index contributed by atoms with van der Waals surface area (Å²) in [6, 6.07) is 17.8. The minimum Gasteiger partial charge on any atom is -0.493 e. The molecule has 3 aromatic heterocycles. The van der Waals surface area contributed by atoms with Crippen molar-refractivity contribution >= 4 is 56.7 Å². The Kier molecular flexibility index (Phi) is 8.63. The maximum atomic E-state index is 15.0. The van der Waals surface area contributed by atoms with Crippen molar-refractivity contribution in [3.05, 3.63) is 72.3 Å². The number of nitrogens with zero attached hydrogens (tertiary/aromatic N) is 2. The highest BCUT2D eigenvalue weighted by Gasteiger charge is 2.25. The first kappa shape index (κ1) is 28.5. The van der Waals surface area contributed by atoms with Gasteiger partial charge in [-0.25, -0.2) is 8.78 Å². The molecule has 0 bridgehead atoms. The molecule has 0 radical (unpaired) electrons. The summed E-state index contributed by atoms with van der Waals surface area (Å²) in [4.78, 5) is 5.59. The van der Waals surface area contributed by atoms with E-state index in [1.54, 1.807) is 36.5 Å². The minimum absolute atomic E-state index is 0.220. The van der Waals surface area contributed by atoms with E-state index in [2.05, 4.69) is 27.5 Å². The van der Waals surface area contributed by atoms with Crippen LogP contribution in [0.1, 0.15) is 26.7 Å². The zero-order valence-electron chi connectivity index (χ0n) is 22.7. The third-order valence-corrected chi connectivity index (χ3v) is 10.7. The van der Waals surface area contributed by atoms with E-state index in [-0.39, 0.29) is 18.2 Å². The van der Waals surface area contributed by atoms with Crippen molar-refractivity contribution in [1.29, 1.82) is 0 Å². The second-order valence-corrected chi connectivity index (χ2v) is 13.0. The quantitative estimate of drug-likeness (QED) is 0.111. The van der Waals surface area contributed by atoms with Crippen molar-refractivity contribution in [1.82, 2.24) is 0 Å².